The van der Waals surface area contributed by atoms with Gasteiger partial charge in [0, 0.05) is 37.8 Å². The normalized spacial score (nSPS) is 16.1. The number of hydrogen-bond donors (Lipinski definition) is 0. The van der Waals surface area contributed by atoms with Crippen LogP contribution in [-0.2, 0) is 10.0 Å². The smallest absolute Gasteiger partial charge is 0.214 e. The van der Waals surface area contributed by atoms with Crippen LogP contribution in [0.25, 0.3) is 11.3 Å². The molecule has 25 heavy (non-hydrogen) atoms. The minimum atomic E-state index is -3.13. The van der Waals surface area contributed by atoms with Crippen molar-refractivity contribution in [3.05, 3.63) is 42.7 Å². The topological polar surface area (TPSA) is 66.4 Å². The molecule has 3 rings (SSSR count). The fraction of sp³-hybridized carbons (Fsp3) is 0.444. The van der Waals surface area contributed by atoms with Gasteiger partial charge in [0.1, 0.15) is 12.1 Å². The van der Waals surface area contributed by atoms with Crippen molar-refractivity contribution in [2.24, 2.45) is 0 Å². The Bertz CT molecular complexity index is 788. The van der Waals surface area contributed by atoms with Crippen LogP contribution in [0.4, 0.5) is 5.82 Å². The van der Waals surface area contributed by atoms with Gasteiger partial charge >= 0.3 is 0 Å². The third kappa shape index (κ3) is 4.35. The molecular weight excluding hydrogens is 336 g/mol. The van der Waals surface area contributed by atoms with Crippen molar-refractivity contribution in [1.29, 1.82) is 0 Å². The Morgan fingerprint density at radius 2 is 1.76 bits per heavy atom. The van der Waals surface area contributed by atoms with Gasteiger partial charge < -0.3 is 4.90 Å². The zero-order valence-electron chi connectivity index (χ0n) is 14.5. The lowest BCUT2D eigenvalue weighted by Crippen LogP contribution is -2.49. The van der Waals surface area contributed by atoms with E-state index in [4.69, 9.17) is 0 Å². The van der Waals surface area contributed by atoms with E-state index >= 15 is 0 Å². The quantitative estimate of drug-likeness (QED) is 0.791. The number of rotatable bonds is 6. The van der Waals surface area contributed by atoms with Crippen molar-refractivity contribution < 1.29 is 8.42 Å². The van der Waals surface area contributed by atoms with Crippen molar-refractivity contribution >= 4 is 15.8 Å². The molecule has 1 fully saturated rings. The first kappa shape index (κ1) is 17.8. The molecule has 6 nitrogen and oxygen atoms in total. The van der Waals surface area contributed by atoms with E-state index in [0.717, 1.165) is 29.9 Å². The summed E-state index contributed by atoms with van der Waals surface area (Å²) < 4.78 is 26.2. The molecular formula is C18H24N4O2S. The molecule has 1 saturated heterocycles. The number of sulfonamides is 1. The Morgan fingerprint density at radius 3 is 2.44 bits per heavy atom. The summed E-state index contributed by atoms with van der Waals surface area (Å²) in [6, 6.07) is 11.9. The average Bonchev–Trinajstić information content (AvgIpc) is 2.67. The van der Waals surface area contributed by atoms with Gasteiger partial charge in [-0.25, -0.2) is 18.4 Å². The van der Waals surface area contributed by atoms with Gasteiger partial charge in [0.15, 0.2) is 0 Å². The van der Waals surface area contributed by atoms with E-state index in [1.165, 1.54) is 0 Å². The highest BCUT2D eigenvalue weighted by Crippen LogP contribution is 2.22. The van der Waals surface area contributed by atoms with E-state index in [0.29, 0.717) is 26.2 Å². The summed E-state index contributed by atoms with van der Waals surface area (Å²) in [7, 11) is -3.13. The maximum Gasteiger partial charge on any atom is 0.214 e. The van der Waals surface area contributed by atoms with Gasteiger partial charge in [0.05, 0.1) is 11.4 Å². The maximum absolute atomic E-state index is 12.3. The highest BCUT2D eigenvalue weighted by Gasteiger charge is 2.27. The van der Waals surface area contributed by atoms with Crippen molar-refractivity contribution in [2.75, 3.05) is 36.8 Å². The van der Waals surface area contributed by atoms with Crippen molar-refractivity contribution in [3.63, 3.8) is 0 Å². The standard InChI is InChI=1S/C18H24N4O2S/c1-2-3-13-25(23,24)22-11-9-21(10-12-22)18-14-17(19-15-20-18)16-7-5-4-6-8-16/h4-8,14-15H,2-3,9-13H2,1H3. The minimum Gasteiger partial charge on any atom is -0.354 e. The summed E-state index contributed by atoms with van der Waals surface area (Å²) in [6.07, 6.45) is 3.18. The van der Waals surface area contributed by atoms with Gasteiger partial charge in [0.25, 0.3) is 0 Å². The minimum absolute atomic E-state index is 0.245. The van der Waals surface area contributed by atoms with E-state index in [-0.39, 0.29) is 5.75 Å². The van der Waals surface area contributed by atoms with Crippen LogP contribution in [0.15, 0.2) is 42.7 Å². The van der Waals surface area contributed by atoms with E-state index in [1.54, 1.807) is 10.6 Å². The highest BCUT2D eigenvalue weighted by molar-refractivity contribution is 7.89. The number of anilines is 1. The Hall–Kier alpha value is -1.99. The molecule has 1 aromatic carbocycles. The Kier molecular flexibility index (Phi) is 5.65. The van der Waals surface area contributed by atoms with E-state index in [2.05, 4.69) is 14.9 Å². The number of unbranched alkanes of at least 4 members (excludes halogenated alkanes) is 1. The summed E-state index contributed by atoms with van der Waals surface area (Å²) in [5, 5.41) is 0. The zero-order valence-corrected chi connectivity index (χ0v) is 15.3. The van der Waals surface area contributed by atoms with Gasteiger partial charge in [-0.2, -0.15) is 4.31 Å². The predicted molar refractivity (Wildman–Crippen MR) is 99.9 cm³/mol. The second-order valence-corrected chi connectivity index (χ2v) is 8.27. The molecule has 0 amide bonds. The Morgan fingerprint density at radius 1 is 1.04 bits per heavy atom. The molecule has 1 aromatic heterocycles. The number of piperazine rings is 1. The fourth-order valence-corrected chi connectivity index (χ4v) is 4.57. The molecule has 0 radical (unpaired) electrons. The van der Waals surface area contributed by atoms with Gasteiger partial charge in [-0.15, -0.1) is 0 Å². The number of nitrogens with zero attached hydrogens (tertiary/aromatic N) is 4. The van der Waals surface area contributed by atoms with Crippen LogP contribution < -0.4 is 4.90 Å². The van der Waals surface area contributed by atoms with Crippen LogP contribution in [0.1, 0.15) is 19.8 Å². The first-order valence-corrected chi connectivity index (χ1v) is 10.3. The molecule has 1 aliphatic heterocycles. The van der Waals surface area contributed by atoms with Crippen LogP contribution in [0.2, 0.25) is 0 Å². The van der Waals surface area contributed by atoms with Crippen molar-refractivity contribution in [1.82, 2.24) is 14.3 Å². The lowest BCUT2D eigenvalue weighted by molar-refractivity contribution is 0.383. The third-order valence-electron chi connectivity index (χ3n) is 4.43. The maximum atomic E-state index is 12.3. The molecule has 1 aliphatic rings. The second-order valence-electron chi connectivity index (χ2n) is 6.18. The Labute approximate surface area is 149 Å². The number of benzene rings is 1. The number of aromatic nitrogens is 2. The van der Waals surface area contributed by atoms with Gasteiger partial charge in [-0.05, 0) is 6.42 Å². The predicted octanol–water partition coefficient (Wildman–Crippen LogP) is 2.40. The molecule has 0 spiro atoms. The molecule has 134 valence electrons. The lowest BCUT2D eigenvalue weighted by atomic mass is 10.1. The molecule has 0 atom stereocenters. The molecule has 7 heteroatoms. The largest absolute Gasteiger partial charge is 0.354 e. The molecule has 2 heterocycles. The fourth-order valence-electron chi connectivity index (χ4n) is 2.94. The van der Waals surface area contributed by atoms with E-state index < -0.39 is 10.0 Å². The van der Waals surface area contributed by atoms with Crippen LogP contribution in [0.5, 0.6) is 0 Å². The van der Waals surface area contributed by atoms with Gasteiger partial charge in [-0.1, -0.05) is 43.7 Å². The van der Waals surface area contributed by atoms with E-state index in [1.807, 2.05) is 43.3 Å². The molecule has 0 unspecified atom stereocenters. The molecule has 0 N–H and O–H groups in total. The summed E-state index contributed by atoms with van der Waals surface area (Å²) in [4.78, 5) is 10.8. The average molecular weight is 360 g/mol. The number of hydrogen-bond acceptors (Lipinski definition) is 5. The lowest BCUT2D eigenvalue weighted by Gasteiger charge is -2.34. The SMILES string of the molecule is CCCCS(=O)(=O)N1CCN(c2cc(-c3ccccc3)ncn2)CC1. The Balaban J connectivity index is 1.67. The second kappa shape index (κ2) is 7.93. The summed E-state index contributed by atoms with van der Waals surface area (Å²) >= 11 is 0. The highest BCUT2D eigenvalue weighted by atomic mass is 32.2. The third-order valence-corrected chi connectivity index (χ3v) is 6.39. The summed E-state index contributed by atoms with van der Waals surface area (Å²) in [6.45, 7) is 4.33. The first-order chi connectivity index (χ1) is 12.1. The molecule has 0 saturated carbocycles. The van der Waals surface area contributed by atoms with E-state index in [9.17, 15) is 8.42 Å². The van der Waals surface area contributed by atoms with Crippen molar-refractivity contribution in [3.8, 4) is 11.3 Å². The van der Waals surface area contributed by atoms with Gasteiger partial charge in [-0.3, -0.25) is 0 Å². The van der Waals surface area contributed by atoms with Crippen LogP contribution >= 0.6 is 0 Å². The van der Waals surface area contributed by atoms with Crippen LogP contribution in [0, 0.1) is 0 Å². The monoisotopic (exact) mass is 360 g/mol. The van der Waals surface area contributed by atoms with Crippen LogP contribution in [0.3, 0.4) is 0 Å². The summed E-state index contributed by atoms with van der Waals surface area (Å²) in [5.41, 5.74) is 1.93. The molecule has 2 aromatic rings. The molecule has 0 bridgehead atoms. The van der Waals surface area contributed by atoms with Gasteiger partial charge in [0.2, 0.25) is 10.0 Å². The van der Waals surface area contributed by atoms with Crippen LogP contribution in [-0.4, -0.2) is 54.6 Å². The zero-order chi connectivity index (χ0) is 17.7. The summed E-state index contributed by atoms with van der Waals surface area (Å²) in [5.74, 6) is 1.09. The first-order valence-electron chi connectivity index (χ1n) is 8.70. The molecule has 0 aliphatic carbocycles. The van der Waals surface area contributed by atoms with Crippen molar-refractivity contribution in [2.45, 2.75) is 19.8 Å².